The predicted octanol–water partition coefficient (Wildman–Crippen LogP) is 4.18. The van der Waals surface area contributed by atoms with Crippen molar-refractivity contribution in [3.63, 3.8) is 0 Å². The Labute approximate surface area is 168 Å². The molecule has 1 aliphatic heterocycles. The fraction of sp³-hybridized carbons (Fsp3) is 0.450. The second-order valence-electron chi connectivity index (χ2n) is 6.63. The van der Waals surface area contributed by atoms with E-state index in [1.54, 1.807) is 18.6 Å². The maximum Gasteiger partial charge on any atom is 0.189 e. The van der Waals surface area contributed by atoms with Crippen molar-refractivity contribution in [2.24, 2.45) is 0 Å². The van der Waals surface area contributed by atoms with Crippen LogP contribution in [0.15, 0.2) is 18.6 Å². The van der Waals surface area contributed by atoms with Crippen molar-refractivity contribution in [3.05, 3.63) is 29.6 Å². The first-order valence-corrected chi connectivity index (χ1v) is 9.98. The Bertz CT molecular complexity index is 1020. The molecule has 0 aliphatic carbocycles. The number of halogens is 1. The molecule has 1 unspecified atom stereocenters. The largest absolute Gasteiger partial charge is 0.358 e. The number of unbranched alkanes of at least 4 members (excludes halogenated alkanes) is 2. The third-order valence-corrected chi connectivity index (χ3v) is 4.85. The zero-order valence-corrected chi connectivity index (χ0v) is 16.5. The molecule has 144 valence electrons. The van der Waals surface area contributed by atoms with Crippen LogP contribution in [0.4, 0.5) is 0 Å². The smallest absolute Gasteiger partial charge is 0.189 e. The summed E-state index contributed by atoms with van der Waals surface area (Å²) in [7, 11) is 0. The van der Waals surface area contributed by atoms with Gasteiger partial charge in [0.2, 0.25) is 0 Å². The summed E-state index contributed by atoms with van der Waals surface area (Å²) in [6, 6.07) is 0. The molecule has 1 fully saturated rings. The number of ether oxygens (including phenoxy) is 1. The Morgan fingerprint density at radius 2 is 2.18 bits per heavy atom. The molecule has 0 spiro atoms. The van der Waals surface area contributed by atoms with Crippen LogP contribution < -0.4 is 0 Å². The van der Waals surface area contributed by atoms with Gasteiger partial charge in [-0.2, -0.15) is 0 Å². The lowest BCUT2D eigenvalue weighted by Crippen LogP contribution is -2.19. The molecule has 0 N–H and O–H groups in total. The van der Waals surface area contributed by atoms with E-state index in [1.807, 2.05) is 4.57 Å². The Kier molecular flexibility index (Phi) is 5.79. The minimum Gasteiger partial charge on any atom is -0.358 e. The molecule has 0 saturated carbocycles. The molecule has 4 rings (SSSR count). The van der Waals surface area contributed by atoms with E-state index in [0.29, 0.717) is 35.1 Å². The number of hydrogen-bond acceptors (Lipinski definition) is 6. The Morgan fingerprint density at radius 3 is 2.93 bits per heavy atom. The van der Waals surface area contributed by atoms with E-state index in [2.05, 4.69) is 38.7 Å². The van der Waals surface area contributed by atoms with Crippen LogP contribution in [0.25, 0.3) is 22.7 Å². The van der Waals surface area contributed by atoms with E-state index in [9.17, 15) is 0 Å². The highest BCUT2D eigenvalue weighted by atomic mass is 35.5. The lowest BCUT2D eigenvalue weighted by Gasteiger charge is -2.24. The zero-order chi connectivity index (χ0) is 19.3. The van der Waals surface area contributed by atoms with Crippen LogP contribution in [0.2, 0.25) is 5.15 Å². The summed E-state index contributed by atoms with van der Waals surface area (Å²) in [6.07, 6.45) is 10.7. The molecule has 0 aromatic carbocycles. The topological polar surface area (TPSA) is 78.6 Å². The first kappa shape index (κ1) is 18.8. The monoisotopic (exact) mass is 396 g/mol. The molecule has 0 amide bonds. The molecular weight excluding hydrogens is 376 g/mol. The summed E-state index contributed by atoms with van der Waals surface area (Å²) >= 11 is 6.46. The highest BCUT2D eigenvalue weighted by Gasteiger charge is 2.25. The summed E-state index contributed by atoms with van der Waals surface area (Å²) in [5.74, 6) is 7.42. The molecule has 28 heavy (non-hydrogen) atoms. The van der Waals surface area contributed by atoms with Crippen molar-refractivity contribution >= 4 is 22.8 Å². The standard InChI is InChI=1S/C20H21ClN6O/c1-2-3-4-5-8-15-24-17-18(21)25-19(14-13-22-10-11-23-14)26-20(17)27(15)16-9-6-7-12-28-16/h10-11,13,16H,2-4,6-7,9,12H2,1H3. The van der Waals surface area contributed by atoms with Crippen molar-refractivity contribution < 1.29 is 4.74 Å². The van der Waals surface area contributed by atoms with Gasteiger partial charge >= 0.3 is 0 Å². The second-order valence-corrected chi connectivity index (χ2v) is 6.99. The maximum atomic E-state index is 6.46. The first-order chi connectivity index (χ1) is 13.8. The average molecular weight is 397 g/mol. The first-order valence-electron chi connectivity index (χ1n) is 9.60. The quantitative estimate of drug-likeness (QED) is 0.374. The van der Waals surface area contributed by atoms with Gasteiger partial charge in [0.1, 0.15) is 17.4 Å². The molecule has 1 aliphatic rings. The van der Waals surface area contributed by atoms with Gasteiger partial charge in [-0.1, -0.05) is 30.9 Å². The van der Waals surface area contributed by atoms with E-state index in [1.165, 1.54) is 0 Å². The van der Waals surface area contributed by atoms with Gasteiger partial charge in [0.25, 0.3) is 0 Å². The summed E-state index contributed by atoms with van der Waals surface area (Å²) in [6.45, 7) is 2.86. The van der Waals surface area contributed by atoms with Crippen LogP contribution >= 0.6 is 11.6 Å². The van der Waals surface area contributed by atoms with Crippen molar-refractivity contribution in [1.29, 1.82) is 0 Å². The number of fused-ring (bicyclic) bond motifs is 1. The zero-order valence-electron chi connectivity index (χ0n) is 15.7. The van der Waals surface area contributed by atoms with Crippen molar-refractivity contribution in [3.8, 4) is 23.4 Å². The summed E-state index contributed by atoms with van der Waals surface area (Å²) in [5.41, 5.74) is 1.70. The molecule has 7 nitrogen and oxygen atoms in total. The summed E-state index contributed by atoms with van der Waals surface area (Å²) < 4.78 is 7.97. The molecule has 3 aromatic rings. The van der Waals surface area contributed by atoms with E-state index in [4.69, 9.17) is 21.3 Å². The van der Waals surface area contributed by atoms with Crippen LogP contribution in [0.1, 0.15) is 57.5 Å². The van der Waals surface area contributed by atoms with Gasteiger partial charge in [-0.15, -0.1) is 0 Å². The molecular formula is C20H21ClN6O. The van der Waals surface area contributed by atoms with Crippen LogP contribution in [-0.2, 0) is 4.74 Å². The van der Waals surface area contributed by atoms with Crippen molar-refractivity contribution in [1.82, 2.24) is 29.5 Å². The fourth-order valence-corrected chi connectivity index (χ4v) is 3.37. The Balaban J connectivity index is 1.85. The third kappa shape index (κ3) is 3.84. The molecule has 0 bridgehead atoms. The summed E-state index contributed by atoms with van der Waals surface area (Å²) in [4.78, 5) is 22.1. The van der Waals surface area contributed by atoms with Gasteiger partial charge in [0, 0.05) is 25.4 Å². The summed E-state index contributed by atoms with van der Waals surface area (Å²) in [5, 5.41) is 0.275. The fourth-order valence-electron chi connectivity index (χ4n) is 3.16. The van der Waals surface area contributed by atoms with Crippen LogP contribution in [-0.4, -0.2) is 36.1 Å². The van der Waals surface area contributed by atoms with Crippen molar-refractivity contribution in [2.45, 2.75) is 51.7 Å². The molecule has 0 radical (unpaired) electrons. The highest BCUT2D eigenvalue weighted by molar-refractivity contribution is 6.33. The molecule has 1 saturated heterocycles. The molecule has 3 aromatic heterocycles. The Hall–Kier alpha value is -2.56. The number of aromatic nitrogens is 6. The average Bonchev–Trinajstić information content (AvgIpc) is 3.11. The minimum atomic E-state index is -0.158. The van der Waals surface area contributed by atoms with Gasteiger partial charge in [-0.05, 0) is 31.6 Å². The number of hydrogen-bond donors (Lipinski definition) is 0. The number of imidazole rings is 1. The molecule has 1 atom stereocenters. The van der Waals surface area contributed by atoms with Gasteiger partial charge in [-0.25, -0.2) is 19.9 Å². The van der Waals surface area contributed by atoms with E-state index in [-0.39, 0.29) is 11.4 Å². The Morgan fingerprint density at radius 1 is 1.25 bits per heavy atom. The van der Waals surface area contributed by atoms with Crippen LogP contribution in [0.3, 0.4) is 0 Å². The van der Waals surface area contributed by atoms with Crippen molar-refractivity contribution in [2.75, 3.05) is 6.61 Å². The van der Waals surface area contributed by atoms with Crippen LogP contribution in [0.5, 0.6) is 0 Å². The third-order valence-electron chi connectivity index (χ3n) is 4.59. The predicted molar refractivity (Wildman–Crippen MR) is 107 cm³/mol. The van der Waals surface area contributed by atoms with Gasteiger partial charge < -0.3 is 4.74 Å². The lowest BCUT2D eigenvalue weighted by atomic mass is 10.2. The lowest BCUT2D eigenvalue weighted by molar-refractivity contribution is -0.0302. The van der Waals surface area contributed by atoms with Gasteiger partial charge in [0.15, 0.2) is 22.4 Å². The molecule has 4 heterocycles. The van der Waals surface area contributed by atoms with E-state index >= 15 is 0 Å². The van der Waals surface area contributed by atoms with E-state index < -0.39 is 0 Å². The maximum absolute atomic E-state index is 6.46. The van der Waals surface area contributed by atoms with Crippen LogP contribution in [0, 0.1) is 11.8 Å². The highest BCUT2D eigenvalue weighted by Crippen LogP contribution is 2.31. The van der Waals surface area contributed by atoms with Gasteiger partial charge in [0.05, 0.1) is 6.20 Å². The molecule has 8 heteroatoms. The van der Waals surface area contributed by atoms with E-state index in [0.717, 1.165) is 38.5 Å². The SMILES string of the molecule is CCCCC#Cc1nc2c(Cl)nc(-c3cnccn3)nc2n1C1CCCCO1. The minimum absolute atomic E-state index is 0.158. The second kappa shape index (κ2) is 8.63. The number of nitrogens with zero attached hydrogens (tertiary/aromatic N) is 6. The van der Waals surface area contributed by atoms with Gasteiger partial charge in [-0.3, -0.25) is 9.55 Å². The number of rotatable bonds is 4. The normalized spacial score (nSPS) is 16.7.